The molecule has 1 unspecified atom stereocenters. The predicted molar refractivity (Wildman–Crippen MR) is 124 cm³/mol. The lowest BCUT2D eigenvalue weighted by Gasteiger charge is -2.33. The van der Waals surface area contributed by atoms with E-state index < -0.39 is 6.10 Å². The van der Waals surface area contributed by atoms with Crippen LogP contribution in [-0.4, -0.2) is 23.5 Å². The molecule has 0 fully saturated rings. The van der Waals surface area contributed by atoms with Gasteiger partial charge in [-0.25, -0.2) is 4.98 Å². The summed E-state index contributed by atoms with van der Waals surface area (Å²) in [6.45, 7) is 4.78. The van der Waals surface area contributed by atoms with E-state index >= 15 is 0 Å². The minimum absolute atomic E-state index is 0.0402. The number of fused-ring (bicyclic) bond motifs is 1. The Labute approximate surface area is 182 Å². The second kappa shape index (κ2) is 9.43. The van der Waals surface area contributed by atoms with Crippen molar-refractivity contribution in [1.29, 1.82) is 0 Å². The molecule has 4 nitrogen and oxygen atoms in total. The number of unbranched alkanes of at least 4 members (excludes halogenated alkanes) is 4. The highest BCUT2D eigenvalue weighted by atomic mass is 32.1. The Morgan fingerprint density at radius 1 is 1.03 bits per heavy atom. The van der Waals surface area contributed by atoms with E-state index in [-0.39, 0.29) is 5.91 Å². The van der Waals surface area contributed by atoms with Gasteiger partial charge < -0.3 is 9.64 Å². The topological polar surface area (TPSA) is 42.4 Å². The van der Waals surface area contributed by atoms with E-state index in [1.54, 1.807) is 11.3 Å². The molecule has 2 heterocycles. The summed E-state index contributed by atoms with van der Waals surface area (Å²) < 4.78 is 5.88. The maximum Gasteiger partial charge on any atom is 0.267 e. The maximum atomic E-state index is 12.8. The van der Waals surface area contributed by atoms with E-state index in [1.807, 2.05) is 42.2 Å². The Hall–Kier alpha value is -2.66. The molecule has 0 saturated heterocycles. The molecule has 0 radical (unpaired) electrons. The summed E-state index contributed by atoms with van der Waals surface area (Å²) in [6, 6.07) is 16.3. The second-order valence-electron chi connectivity index (χ2n) is 7.75. The van der Waals surface area contributed by atoms with Crippen LogP contribution in [0.4, 0.5) is 5.69 Å². The minimum Gasteiger partial charge on any atom is -0.479 e. The fourth-order valence-electron chi connectivity index (χ4n) is 3.79. The Bertz CT molecular complexity index is 999. The van der Waals surface area contributed by atoms with Crippen molar-refractivity contribution in [1.82, 2.24) is 4.98 Å². The summed E-state index contributed by atoms with van der Waals surface area (Å²) in [5.74, 6) is 0.816. The molecule has 3 aromatic rings. The monoisotopic (exact) mass is 420 g/mol. The van der Waals surface area contributed by atoms with Crippen LogP contribution < -0.4 is 9.64 Å². The molecule has 1 aromatic heterocycles. The van der Waals surface area contributed by atoms with Gasteiger partial charge in [0.1, 0.15) is 10.8 Å². The van der Waals surface area contributed by atoms with Gasteiger partial charge in [-0.05, 0) is 31.5 Å². The quantitative estimate of drug-likeness (QED) is 0.388. The molecule has 1 aliphatic heterocycles. The van der Waals surface area contributed by atoms with E-state index in [2.05, 4.69) is 30.5 Å². The molecule has 4 rings (SSSR count). The Morgan fingerprint density at radius 3 is 2.63 bits per heavy atom. The molecule has 5 heteroatoms. The lowest BCUT2D eigenvalue weighted by atomic mass is 10.1. The lowest BCUT2D eigenvalue weighted by Crippen LogP contribution is -2.44. The van der Waals surface area contributed by atoms with Crippen LogP contribution in [0.25, 0.3) is 21.8 Å². The van der Waals surface area contributed by atoms with Crippen molar-refractivity contribution in [2.75, 3.05) is 11.4 Å². The number of amides is 1. The summed E-state index contributed by atoms with van der Waals surface area (Å²) in [7, 11) is 0. The first kappa shape index (κ1) is 20.6. The van der Waals surface area contributed by atoms with Crippen LogP contribution in [0.5, 0.6) is 5.75 Å². The molecule has 156 valence electrons. The van der Waals surface area contributed by atoms with Crippen LogP contribution in [-0.2, 0) is 4.79 Å². The van der Waals surface area contributed by atoms with Crippen molar-refractivity contribution in [2.45, 2.75) is 52.1 Å². The smallest absolute Gasteiger partial charge is 0.267 e. The number of hydrogen-bond donors (Lipinski definition) is 0. The number of hydrogen-bond acceptors (Lipinski definition) is 4. The molecule has 0 bridgehead atoms. The van der Waals surface area contributed by atoms with Crippen LogP contribution >= 0.6 is 11.3 Å². The van der Waals surface area contributed by atoms with Crippen molar-refractivity contribution in [3.63, 3.8) is 0 Å². The highest BCUT2D eigenvalue weighted by Crippen LogP contribution is 2.38. The van der Waals surface area contributed by atoms with Gasteiger partial charge in [-0.15, -0.1) is 11.3 Å². The van der Waals surface area contributed by atoms with E-state index in [0.29, 0.717) is 0 Å². The third kappa shape index (κ3) is 4.41. The van der Waals surface area contributed by atoms with Crippen LogP contribution in [0.1, 0.15) is 46.0 Å². The molecular formula is C25H28N2O2S. The summed E-state index contributed by atoms with van der Waals surface area (Å²) >= 11 is 1.64. The number of ether oxygens (including phenoxy) is 1. The molecule has 0 saturated carbocycles. The zero-order chi connectivity index (χ0) is 20.9. The molecule has 0 N–H and O–H groups in total. The van der Waals surface area contributed by atoms with Gasteiger partial charge in [0.15, 0.2) is 6.10 Å². The summed E-state index contributed by atoms with van der Waals surface area (Å²) in [4.78, 5) is 19.6. The number of aromatic nitrogens is 1. The number of carbonyl (C=O) groups is 1. The van der Waals surface area contributed by atoms with Gasteiger partial charge in [0, 0.05) is 23.1 Å². The first-order chi connectivity index (χ1) is 14.7. The molecule has 1 atom stereocenters. The van der Waals surface area contributed by atoms with Crippen LogP contribution in [0, 0.1) is 0 Å². The van der Waals surface area contributed by atoms with Gasteiger partial charge in [-0.3, -0.25) is 4.79 Å². The van der Waals surface area contributed by atoms with Crippen LogP contribution in [0.3, 0.4) is 0 Å². The molecule has 0 spiro atoms. The van der Waals surface area contributed by atoms with Gasteiger partial charge in [-0.2, -0.15) is 0 Å². The van der Waals surface area contributed by atoms with Crippen LogP contribution in [0.15, 0.2) is 53.9 Å². The Kier molecular flexibility index (Phi) is 6.48. The third-order valence-electron chi connectivity index (χ3n) is 5.47. The van der Waals surface area contributed by atoms with Crippen molar-refractivity contribution in [3.8, 4) is 27.6 Å². The summed E-state index contributed by atoms with van der Waals surface area (Å²) in [5, 5.41) is 3.07. The number of thiazole rings is 1. The summed E-state index contributed by atoms with van der Waals surface area (Å²) in [6.07, 6.45) is 5.41. The number of benzene rings is 2. The van der Waals surface area contributed by atoms with Crippen molar-refractivity contribution in [3.05, 3.63) is 53.9 Å². The normalized spacial score (nSPS) is 15.7. The largest absolute Gasteiger partial charge is 0.479 e. The van der Waals surface area contributed by atoms with E-state index in [4.69, 9.17) is 9.72 Å². The summed E-state index contributed by atoms with van der Waals surface area (Å²) in [5.41, 5.74) is 3.91. The number of rotatable bonds is 8. The van der Waals surface area contributed by atoms with Crippen molar-refractivity contribution < 1.29 is 9.53 Å². The Morgan fingerprint density at radius 2 is 1.83 bits per heavy atom. The predicted octanol–water partition coefficient (Wildman–Crippen LogP) is 6.56. The van der Waals surface area contributed by atoms with Gasteiger partial charge in [-0.1, -0.05) is 62.9 Å². The fourth-order valence-corrected chi connectivity index (χ4v) is 4.63. The average molecular weight is 421 g/mol. The molecule has 1 amide bonds. The highest BCUT2D eigenvalue weighted by Gasteiger charge is 2.31. The lowest BCUT2D eigenvalue weighted by molar-refractivity contribution is -0.125. The fraction of sp³-hybridized carbons (Fsp3) is 0.360. The number of nitrogens with zero attached hydrogens (tertiary/aromatic N) is 2. The van der Waals surface area contributed by atoms with Gasteiger partial charge in [0.2, 0.25) is 0 Å². The minimum atomic E-state index is -0.442. The molecule has 30 heavy (non-hydrogen) atoms. The van der Waals surface area contributed by atoms with Crippen LogP contribution in [0.2, 0.25) is 0 Å². The molecular weight excluding hydrogens is 392 g/mol. The average Bonchev–Trinajstić information content (AvgIpc) is 3.27. The number of carbonyl (C=O) groups excluding carboxylic acids is 1. The number of anilines is 1. The Balaban J connectivity index is 1.58. The van der Waals surface area contributed by atoms with Crippen molar-refractivity contribution >= 4 is 22.9 Å². The second-order valence-corrected chi connectivity index (χ2v) is 8.61. The zero-order valence-electron chi connectivity index (χ0n) is 17.6. The zero-order valence-corrected chi connectivity index (χ0v) is 18.5. The van der Waals surface area contributed by atoms with E-state index in [0.717, 1.165) is 52.7 Å². The first-order valence-corrected chi connectivity index (χ1v) is 11.7. The van der Waals surface area contributed by atoms with E-state index in [1.165, 1.54) is 19.3 Å². The van der Waals surface area contributed by atoms with E-state index in [9.17, 15) is 4.79 Å². The highest BCUT2D eigenvalue weighted by molar-refractivity contribution is 7.13. The molecule has 1 aliphatic rings. The van der Waals surface area contributed by atoms with Crippen molar-refractivity contribution in [2.24, 2.45) is 0 Å². The van der Waals surface area contributed by atoms with Gasteiger partial charge in [0.05, 0.1) is 11.4 Å². The molecule has 0 aliphatic carbocycles. The van der Waals surface area contributed by atoms with Gasteiger partial charge >= 0.3 is 0 Å². The third-order valence-corrected chi connectivity index (χ3v) is 6.36. The first-order valence-electron chi connectivity index (χ1n) is 10.8. The SMILES string of the molecule is CCCCCCCN1C(=O)C(C)Oc2ccc(-c3csc(-c4ccccc4)n3)cc21. The molecule has 2 aromatic carbocycles. The standard InChI is InChI=1S/C25H28N2O2S/c1-3-4-5-6-10-15-27-22-16-20(13-14-23(22)29-18(2)25(27)28)21-17-30-24(26-21)19-11-8-7-9-12-19/h7-9,11-14,16-18H,3-6,10,15H2,1-2H3. The van der Waals surface area contributed by atoms with Gasteiger partial charge in [0.25, 0.3) is 5.91 Å². The maximum absolute atomic E-state index is 12.8.